The Balaban J connectivity index is 4.98. The molecule has 0 aromatic carbocycles. The minimum Gasteiger partial charge on any atom is -0.480 e. The molecule has 0 saturated heterocycles. The second-order valence-electron chi connectivity index (χ2n) is 3.25. The second kappa shape index (κ2) is 3.95. The molecule has 0 aliphatic carbocycles. The Kier molecular flexibility index (Phi) is 3.64. The van der Waals surface area contributed by atoms with Crippen molar-refractivity contribution < 1.29 is 23.1 Å². The van der Waals surface area contributed by atoms with Crippen LogP contribution in [0.2, 0.25) is 0 Å². The van der Waals surface area contributed by atoms with Gasteiger partial charge in [-0.1, -0.05) is 0 Å². The van der Waals surface area contributed by atoms with Gasteiger partial charge in [0, 0.05) is 7.05 Å². The normalized spacial score (nSPS) is 12.2. The summed E-state index contributed by atoms with van der Waals surface area (Å²) >= 11 is 0. The van der Waals surface area contributed by atoms with Gasteiger partial charge in [0.05, 0.1) is 0 Å². The number of carbonyl (C=O) groups is 2. The SMILES string of the molecule is CNC(=O)CS(=O)(=O)C(C)(C)C(=O)O. The molecule has 2 N–H and O–H groups in total. The molecule has 7 heteroatoms. The van der Waals surface area contributed by atoms with E-state index < -0.39 is 32.2 Å². The standard InChI is InChI=1S/C7H13NO5S/c1-7(2,6(10)11)14(12,13)4-5(9)8-3/h4H2,1-3H3,(H,8,9)(H,10,11). The van der Waals surface area contributed by atoms with Crippen LogP contribution in [0.5, 0.6) is 0 Å². The van der Waals surface area contributed by atoms with Crippen LogP contribution in [0.4, 0.5) is 0 Å². The number of sulfone groups is 1. The molecule has 0 heterocycles. The topological polar surface area (TPSA) is 101 Å². The number of aliphatic carboxylic acids is 1. The Bertz CT molecular complexity index is 343. The molecule has 0 unspecified atom stereocenters. The van der Waals surface area contributed by atoms with Gasteiger partial charge < -0.3 is 10.4 Å². The molecule has 0 fully saturated rings. The van der Waals surface area contributed by atoms with Gasteiger partial charge in [-0.2, -0.15) is 0 Å². The third-order valence-corrected chi connectivity index (χ3v) is 4.26. The van der Waals surface area contributed by atoms with Gasteiger partial charge in [-0.25, -0.2) is 8.42 Å². The summed E-state index contributed by atoms with van der Waals surface area (Å²) in [6.45, 7) is 2.10. The van der Waals surface area contributed by atoms with Gasteiger partial charge in [-0.15, -0.1) is 0 Å². The van der Waals surface area contributed by atoms with Crippen LogP contribution in [-0.4, -0.2) is 42.9 Å². The van der Waals surface area contributed by atoms with Crippen LogP contribution >= 0.6 is 0 Å². The predicted molar refractivity (Wildman–Crippen MR) is 49.6 cm³/mol. The molecule has 1 amide bonds. The summed E-state index contributed by atoms with van der Waals surface area (Å²) in [5.74, 6) is -3.01. The van der Waals surface area contributed by atoms with Crippen molar-refractivity contribution in [3.8, 4) is 0 Å². The third-order valence-electron chi connectivity index (χ3n) is 1.89. The van der Waals surface area contributed by atoms with Crippen molar-refractivity contribution in [1.82, 2.24) is 5.32 Å². The van der Waals surface area contributed by atoms with Crippen LogP contribution in [0.1, 0.15) is 13.8 Å². The highest BCUT2D eigenvalue weighted by atomic mass is 32.2. The van der Waals surface area contributed by atoms with E-state index in [-0.39, 0.29) is 0 Å². The van der Waals surface area contributed by atoms with Gasteiger partial charge in [-0.05, 0) is 13.8 Å². The number of rotatable bonds is 4. The summed E-state index contributed by atoms with van der Waals surface area (Å²) in [5.41, 5.74) is 0. The van der Waals surface area contributed by atoms with E-state index in [2.05, 4.69) is 5.32 Å². The Morgan fingerprint density at radius 1 is 1.36 bits per heavy atom. The lowest BCUT2D eigenvalue weighted by Crippen LogP contribution is -2.45. The van der Waals surface area contributed by atoms with E-state index in [1.54, 1.807) is 0 Å². The molecule has 0 spiro atoms. The van der Waals surface area contributed by atoms with Gasteiger partial charge in [0.15, 0.2) is 14.6 Å². The highest BCUT2D eigenvalue weighted by Gasteiger charge is 2.42. The van der Waals surface area contributed by atoms with Crippen LogP contribution in [0.25, 0.3) is 0 Å². The lowest BCUT2D eigenvalue weighted by Gasteiger charge is -2.18. The van der Waals surface area contributed by atoms with Gasteiger partial charge in [0.2, 0.25) is 5.91 Å². The van der Waals surface area contributed by atoms with Crippen molar-refractivity contribution in [3.05, 3.63) is 0 Å². The zero-order valence-corrected chi connectivity index (χ0v) is 9.01. The minimum absolute atomic E-state index is 0.723. The first kappa shape index (κ1) is 12.9. The molecule has 82 valence electrons. The first-order valence-corrected chi connectivity index (χ1v) is 5.46. The quantitative estimate of drug-likeness (QED) is 0.637. The Morgan fingerprint density at radius 2 is 1.79 bits per heavy atom. The smallest absolute Gasteiger partial charge is 0.324 e. The summed E-state index contributed by atoms with van der Waals surface area (Å²) in [6, 6.07) is 0. The van der Waals surface area contributed by atoms with Crippen molar-refractivity contribution in [3.63, 3.8) is 0 Å². The summed E-state index contributed by atoms with van der Waals surface area (Å²) < 4.78 is 20.9. The number of hydrogen-bond donors (Lipinski definition) is 2. The lowest BCUT2D eigenvalue weighted by atomic mass is 10.2. The molecular formula is C7H13NO5S. The van der Waals surface area contributed by atoms with E-state index in [0.29, 0.717) is 0 Å². The van der Waals surface area contributed by atoms with E-state index in [1.165, 1.54) is 7.05 Å². The van der Waals surface area contributed by atoms with Crippen molar-refractivity contribution in [2.45, 2.75) is 18.6 Å². The Hall–Kier alpha value is -1.11. The molecule has 0 aromatic heterocycles. The fourth-order valence-electron chi connectivity index (χ4n) is 0.558. The Labute approximate surface area is 82.2 Å². The largest absolute Gasteiger partial charge is 0.480 e. The average Bonchev–Trinajstić information content (AvgIpc) is 2.02. The lowest BCUT2D eigenvalue weighted by molar-refractivity contribution is -0.139. The maximum absolute atomic E-state index is 11.4. The molecule has 0 bridgehead atoms. The molecule has 14 heavy (non-hydrogen) atoms. The van der Waals surface area contributed by atoms with Gasteiger partial charge in [-0.3, -0.25) is 9.59 Å². The van der Waals surface area contributed by atoms with Crippen LogP contribution in [0.3, 0.4) is 0 Å². The van der Waals surface area contributed by atoms with Gasteiger partial charge in [0.1, 0.15) is 5.75 Å². The van der Waals surface area contributed by atoms with Crippen LogP contribution in [0, 0.1) is 0 Å². The minimum atomic E-state index is -3.98. The van der Waals surface area contributed by atoms with E-state index >= 15 is 0 Å². The number of carboxylic acids is 1. The van der Waals surface area contributed by atoms with E-state index in [1.807, 2.05) is 0 Å². The third kappa shape index (κ3) is 2.44. The molecule has 0 aliphatic heterocycles. The molecule has 0 radical (unpaired) electrons. The summed E-state index contributed by atoms with van der Waals surface area (Å²) in [5, 5.41) is 10.8. The van der Waals surface area contributed by atoms with Gasteiger partial charge >= 0.3 is 5.97 Å². The van der Waals surface area contributed by atoms with Crippen molar-refractivity contribution in [2.75, 3.05) is 12.8 Å². The molecule has 0 saturated carbocycles. The first-order chi connectivity index (χ1) is 6.15. The van der Waals surface area contributed by atoms with E-state index in [0.717, 1.165) is 13.8 Å². The maximum Gasteiger partial charge on any atom is 0.324 e. The molecule has 0 aromatic rings. The molecular weight excluding hydrogens is 210 g/mol. The molecule has 6 nitrogen and oxygen atoms in total. The highest BCUT2D eigenvalue weighted by Crippen LogP contribution is 2.17. The van der Waals surface area contributed by atoms with E-state index in [9.17, 15) is 18.0 Å². The zero-order valence-electron chi connectivity index (χ0n) is 8.20. The van der Waals surface area contributed by atoms with E-state index in [4.69, 9.17) is 5.11 Å². The maximum atomic E-state index is 11.4. The predicted octanol–water partition coefficient (Wildman–Crippen LogP) is -0.990. The average molecular weight is 223 g/mol. The Morgan fingerprint density at radius 3 is 2.07 bits per heavy atom. The number of nitrogens with one attached hydrogen (secondary N) is 1. The van der Waals surface area contributed by atoms with Crippen molar-refractivity contribution >= 4 is 21.7 Å². The summed E-state index contributed by atoms with van der Waals surface area (Å²) in [4.78, 5) is 21.4. The number of carboxylic acid groups (broad SMARTS) is 1. The zero-order chi connectivity index (χ0) is 11.6. The second-order valence-corrected chi connectivity index (χ2v) is 5.79. The van der Waals surface area contributed by atoms with Gasteiger partial charge in [0.25, 0.3) is 0 Å². The molecule has 0 aliphatic rings. The summed E-state index contributed by atoms with van der Waals surface area (Å²) in [7, 11) is -2.70. The van der Waals surface area contributed by atoms with Crippen molar-refractivity contribution in [1.29, 1.82) is 0 Å². The number of carbonyl (C=O) groups excluding carboxylic acids is 1. The monoisotopic (exact) mass is 223 g/mol. The first-order valence-electron chi connectivity index (χ1n) is 3.81. The number of hydrogen-bond acceptors (Lipinski definition) is 4. The summed E-state index contributed by atoms with van der Waals surface area (Å²) in [6.07, 6.45) is 0. The molecule has 0 rings (SSSR count). The fraction of sp³-hybridized carbons (Fsp3) is 0.714. The fourth-order valence-corrected chi connectivity index (χ4v) is 1.67. The number of amides is 1. The molecule has 0 atom stereocenters. The van der Waals surface area contributed by atoms with Crippen LogP contribution in [-0.2, 0) is 19.4 Å². The highest BCUT2D eigenvalue weighted by molar-refractivity contribution is 7.94. The van der Waals surface area contributed by atoms with Crippen molar-refractivity contribution in [2.24, 2.45) is 0 Å². The van der Waals surface area contributed by atoms with Crippen LogP contribution < -0.4 is 5.32 Å². The van der Waals surface area contributed by atoms with Crippen LogP contribution in [0.15, 0.2) is 0 Å².